The molecular formula is C13H18BrN3O2. The van der Waals surface area contributed by atoms with Gasteiger partial charge in [0.15, 0.2) is 0 Å². The zero-order valence-electron chi connectivity index (χ0n) is 11.0. The van der Waals surface area contributed by atoms with E-state index in [1.54, 1.807) is 18.2 Å². The highest BCUT2D eigenvalue weighted by Gasteiger charge is 2.11. The van der Waals surface area contributed by atoms with Crippen LogP contribution in [0.5, 0.6) is 0 Å². The molecule has 1 aromatic carbocycles. The fourth-order valence-electron chi connectivity index (χ4n) is 1.36. The molecule has 0 unspecified atom stereocenters. The number of amides is 2. The summed E-state index contributed by atoms with van der Waals surface area (Å²) in [5.41, 5.74) is 6.44. The Kier molecular flexibility index (Phi) is 5.82. The Hall–Kier alpha value is -1.56. The highest BCUT2D eigenvalue weighted by Crippen LogP contribution is 2.18. The van der Waals surface area contributed by atoms with Crippen LogP contribution in [0.4, 0.5) is 5.69 Å². The van der Waals surface area contributed by atoms with Gasteiger partial charge in [-0.05, 0) is 24.1 Å². The second kappa shape index (κ2) is 7.13. The number of anilines is 1. The molecule has 0 saturated carbocycles. The van der Waals surface area contributed by atoms with E-state index in [1.165, 1.54) is 0 Å². The molecule has 0 aliphatic heterocycles. The Balaban J connectivity index is 2.51. The van der Waals surface area contributed by atoms with Crippen molar-refractivity contribution >= 4 is 33.4 Å². The van der Waals surface area contributed by atoms with E-state index in [0.717, 1.165) is 4.47 Å². The highest BCUT2D eigenvalue weighted by atomic mass is 79.9. The van der Waals surface area contributed by atoms with E-state index in [9.17, 15) is 9.59 Å². The van der Waals surface area contributed by atoms with Crippen LogP contribution in [-0.4, -0.2) is 24.9 Å². The van der Waals surface area contributed by atoms with E-state index in [4.69, 9.17) is 5.73 Å². The first-order valence-corrected chi connectivity index (χ1v) is 6.79. The van der Waals surface area contributed by atoms with E-state index in [0.29, 0.717) is 23.7 Å². The molecule has 0 bridgehead atoms. The predicted molar refractivity (Wildman–Crippen MR) is 78.7 cm³/mol. The molecular weight excluding hydrogens is 310 g/mol. The zero-order chi connectivity index (χ0) is 14.4. The molecule has 6 heteroatoms. The van der Waals surface area contributed by atoms with Crippen molar-refractivity contribution in [1.29, 1.82) is 0 Å². The monoisotopic (exact) mass is 327 g/mol. The number of carbonyl (C=O) groups excluding carboxylic acids is 2. The standard InChI is InChI=1S/C13H18BrN3O2/c1-8(2)6-16-12(18)7-17-13(19)10-5-9(14)3-4-11(10)15/h3-5,8H,6-7,15H2,1-2H3,(H,16,18)(H,17,19). The Morgan fingerprint density at radius 3 is 2.63 bits per heavy atom. The lowest BCUT2D eigenvalue weighted by Crippen LogP contribution is -2.38. The summed E-state index contributed by atoms with van der Waals surface area (Å²) in [5, 5.41) is 5.26. The number of nitrogens with two attached hydrogens (primary N) is 1. The first-order chi connectivity index (χ1) is 8.90. The summed E-state index contributed by atoms with van der Waals surface area (Å²) in [6.07, 6.45) is 0. The molecule has 0 radical (unpaired) electrons. The number of nitrogens with one attached hydrogen (secondary N) is 2. The molecule has 4 N–H and O–H groups in total. The summed E-state index contributed by atoms with van der Waals surface area (Å²) >= 11 is 3.27. The average molecular weight is 328 g/mol. The van der Waals surface area contributed by atoms with Gasteiger partial charge >= 0.3 is 0 Å². The summed E-state index contributed by atoms with van der Waals surface area (Å²) < 4.78 is 0.760. The second-order valence-corrected chi connectivity index (χ2v) is 5.53. The van der Waals surface area contributed by atoms with Gasteiger partial charge in [-0.25, -0.2) is 0 Å². The zero-order valence-corrected chi connectivity index (χ0v) is 12.6. The topological polar surface area (TPSA) is 84.2 Å². The first kappa shape index (κ1) is 15.5. The highest BCUT2D eigenvalue weighted by molar-refractivity contribution is 9.10. The maximum absolute atomic E-state index is 11.9. The number of nitrogen functional groups attached to an aromatic ring is 1. The lowest BCUT2D eigenvalue weighted by Gasteiger charge is -2.10. The third-order valence-electron chi connectivity index (χ3n) is 2.38. The smallest absolute Gasteiger partial charge is 0.253 e. The van der Waals surface area contributed by atoms with Gasteiger partial charge in [-0.2, -0.15) is 0 Å². The van der Waals surface area contributed by atoms with Gasteiger partial charge in [0.25, 0.3) is 5.91 Å². The maximum atomic E-state index is 11.9. The third-order valence-corrected chi connectivity index (χ3v) is 2.87. The number of benzene rings is 1. The Morgan fingerprint density at radius 1 is 1.32 bits per heavy atom. The van der Waals surface area contributed by atoms with E-state index in [1.807, 2.05) is 13.8 Å². The van der Waals surface area contributed by atoms with Gasteiger partial charge in [0.1, 0.15) is 0 Å². The lowest BCUT2D eigenvalue weighted by molar-refractivity contribution is -0.120. The van der Waals surface area contributed by atoms with Gasteiger partial charge in [-0.1, -0.05) is 29.8 Å². The third kappa shape index (κ3) is 5.30. The molecule has 2 amide bonds. The van der Waals surface area contributed by atoms with Crippen molar-refractivity contribution < 1.29 is 9.59 Å². The van der Waals surface area contributed by atoms with Gasteiger partial charge in [0.2, 0.25) is 5.91 Å². The van der Waals surface area contributed by atoms with Gasteiger partial charge in [0, 0.05) is 16.7 Å². The van der Waals surface area contributed by atoms with Crippen LogP contribution in [0.1, 0.15) is 24.2 Å². The summed E-state index contributed by atoms with van der Waals surface area (Å²) in [5.74, 6) is -0.200. The fraction of sp³-hybridized carbons (Fsp3) is 0.385. The van der Waals surface area contributed by atoms with E-state index in [2.05, 4.69) is 26.6 Å². The van der Waals surface area contributed by atoms with Crippen LogP contribution in [-0.2, 0) is 4.79 Å². The van der Waals surface area contributed by atoms with Crippen molar-refractivity contribution in [1.82, 2.24) is 10.6 Å². The molecule has 0 heterocycles. The van der Waals surface area contributed by atoms with Crippen molar-refractivity contribution in [2.24, 2.45) is 5.92 Å². The normalized spacial score (nSPS) is 10.3. The Labute approximate surface area is 121 Å². The molecule has 1 rings (SSSR count). The molecule has 0 atom stereocenters. The van der Waals surface area contributed by atoms with Crippen LogP contribution in [0.25, 0.3) is 0 Å². The molecule has 104 valence electrons. The van der Waals surface area contributed by atoms with E-state index < -0.39 is 0 Å². The minimum absolute atomic E-state index is 0.0580. The van der Waals surface area contributed by atoms with Crippen molar-refractivity contribution in [3.05, 3.63) is 28.2 Å². The van der Waals surface area contributed by atoms with Crippen LogP contribution >= 0.6 is 15.9 Å². The van der Waals surface area contributed by atoms with Gasteiger partial charge in [-0.15, -0.1) is 0 Å². The fourth-order valence-corrected chi connectivity index (χ4v) is 1.72. The van der Waals surface area contributed by atoms with Gasteiger partial charge in [0.05, 0.1) is 12.1 Å². The quantitative estimate of drug-likeness (QED) is 0.717. The number of carbonyl (C=O) groups is 2. The Morgan fingerprint density at radius 2 is 2.00 bits per heavy atom. The average Bonchev–Trinajstić information content (AvgIpc) is 2.36. The van der Waals surface area contributed by atoms with E-state index in [-0.39, 0.29) is 18.4 Å². The van der Waals surface area contributed by atoms with Crippen LogP contribution in [0, 0.1) is 5.92 Å². The van der Waals surface area contributed by atoms with Crippen LogP contribution in [0.3, 0.4) is 0 Å². The van der Waals surface area contributed by atoms with Gasteiger partial charge < -0.3 is 16.4 Å². The largest absolute Gasteiger partial charge is 0.398 e. The van der Waals surface area contributed by atoms with Crippen LogP contribution in [0.2, 0.25) is 0 Å². The molecule has 5 nitrogen and oxygen atoms in total. The molecule has 0 spiro atoms. The molecule has 0 fully saturated rings. The summed E-state index contributed by atoms with van der Waals surface area (Å²) in [6.45, 7) is 4.54. The summed E-state index contributed by atoms with van der Waals surface area (Å²) in [6, 6.07) is 5.01. The maximum Gasteiger partial charge on any atom is 0.253 e. The number of hydrogen-bond acceptors (Lipinski definition) is 3. The molecule has 0 aromatic heterocycles. The first-order valence-electron chi connectivity index (χ1n) is 6.00. The summed E-state index contributed by atoms with van der Waals surface area (Å²) in [7, 11) is 0. The molecule has 0 aliphatic carbocycles. The number of halogens is 1. The Bertz CT molecular complexity index is 475. The lowest BCUT2D eigenvalue weighted by atomic mass is 10.1. The van der Waals surface area contributed by atoms with Crippen molar-refractivity contribution in [2.75, 3.05) is 18.8 Å². The summed E-state index contributed by atoms with van der Waals surface area (Å²) in [4.78, 5) is 23.3. The van der Waals surface area contributed by atoms with Crippen molar-refractivity contribution in [3.8, 4) is 0 Å². The predicted octanol–water partition coefficient (Wildman–Crippen LogP) is 1.53. The SMILES string of the molecule is CC(C)CNC(=O)CNC(=O)c1cc(Br)ccc1N. The van der Waals surface area contributed by atoms with E-state index >= 15 is 0 Å². The molecule has 1 aromatic rings. The van der Waals surface area contributed by atoms with Crippen LogP contribution in [0.15, 0.2) is 22.7 Å². The molecule has 0 saturated heterocycles. The number of hydrogen-bond donors (Lipinski definition) is 3. The minimum atomic E-state index is -0.363. The molecule has 0 aliphatic rings. The van der Waals surface area contributed by atoms with Gasteiger partial charge in [-0.3, -0.25) is 9.59 Å². The minimum Gasteiger partial charge on any atom is -0.398 e. The number of rotatable bonds is 5. The second-order valence-electron chi connectivity index (χ2n) is 4.61. The van der Waals surface area contributed by atoms with Crippen molar-refractivity contribution in [2.45, 2.75) is 13.8 Å². The van der Waals surface area contributed by atoms with Crippen LogP contribution < -0.4 is 16.4 Å². The van der Waals surface area contributed by atoms with Crippen molar-refractivity contribution in [3.63, 3.8) is 0 Å². The molecule has 19 heavy (non-hydrogen) atoms.